The van der Waals surface area contributed by atoms with Gasteiger partial charge in [0.15, 0.2) is 0 Å². The first kappa shape index (κ1) is 19.7. The number of ether oxygens (including phenoxy) is 2. The maximum atomic E-state index is 12.6. The molecule has 1 heterocycles. The molecular formula is C18H24ClNO5. The Morgan fingerprint density at radius 1 is 1.36 bits per heavy atom. The standard InChI is InChI=1S/C18H24ClNO5/c1-13(25-12-16-4-2-3-9-24-16)18(23)20(11-17(21)22)10-14-5-7-15(19)8-6-14/h5-8,13,16H,2-4,9-12H2,1H3,(H,21,22). The molecule has 0 aromatic heterocycles. The summed E-state index contributed by atoms with van der Waals surface area (Å²) in [5.41, 5.74) is 0.807. The van der Waals surface area contributed by atoms with E-state index in [0.717, 1.165) is 31.4 Å². The highest BCUT2D eigenvalue weighted by molar-refractivity contribution is 6.30. The van der Waals surface area contributed by atoms with Crippen LogP contribution in [0, 0.1) is 0 Å². The lowest BCUT2D eigenvalue weighted by Crippen LogP contribution is -2.42. The lowest BCUT2D eigenvalue weighted by Gasteiger charge is -2.27. The molecule has 0 aliphatic carbocycles. The number of halogens is 1. The SMILES string of the molecule is CC(OCC1CCCCO1)C(=O)N(CC(=O)O)Cc1ccc(Cl)cc1. The number of amides is 1. The molecule has 1 saturated heterocycles. The maximum Gasteiger partial charge on any atom is 0.323 e. The molecule has 1 aromatic rings. The molecule has 25 heavy (non-hydrogen) atoms. The van der Waals surface area contributed by atoms with Crippen molar-refractivity contribution in [3.8, 4) is 0 Å². The summed E-state index contributed by atoms with van der Waals surface area (Å²) in [4.78, 5) is 25.0. The smallest absolute Gasteiger partial charge is 0.323 e. The number of hydrogen-bond donors (Lipinski definition) is 1. The number of carboxylic acids is 1. The van der Waals surface area contributed by atoms with Gasteiger partial charge in [-0.15, -0.1) is 0 Å². The fourth-order valence-corrected chi connectivity index (χ4v) is 2.83. The second-order valence-corrected chi connectivity index (χ2v) is 6.62. The molecule has 1 amide bonds. The van der Waals surface area contributed by atoms with Gasteiger partial charge in [0.2, 0.25) is 0 Å². The molecule has 1 N–H and O–H groups in total. The summed E-state index contributed by atoms with van der Waals surface area (Å²) >= 11 is 5.85. The summed E-state index contributed by atoms with van der Waals surface area (Å²) in [6, 6.07) is 6.96. The third kappa shape index (κ3) is 6.65. The predicted molar refractivity (Wildman–Crippen MR) is 93.5 cm³/mol. The number of aliphatic carboxylic acids is 1. The monoisotopic (exact) mass is 369 g/mol. The van der Waals surface area contributed by atoms with E-state index in [2.05, 4.69) is 0 Å². The second kappa shape index (κ2) is 9.75. The summed E-state index contributed by atoms with van der Waals surface area (Å²) in [5, 5.41) is 9.68. The van der Waals surface area contributed by atoms with Gasteiger partial charge in [-0.25, -0.2) is 0 Å². The summed E-state index contributed by atoms with van der Waals surface area (Å²) in [6.45, 7) is 2.51. The van der Waals surface area contributed by atoms with Crippen LogP contribution >= 0.6 is 11.6 Å². The fourth-order valence-electron chi connectivity index (χ4n) is 2.70. The van der Waals surface area contributed by atoms with Crippen LogP contribution in [0.5, 0.6) is 0 Å². The Bertz CT molecular complexity index is 571. The molecule has 1 fully saturated rings. The Kier molecular flexibility index (Phi) is 7.68. The Morgan fingerprint density at radius 2 is 2.08 bits per heavy atom. The summed E-state index contributed by atoms with van der Waals surface area (Å²) in [5.74, 6) is -1.42. The van der Waals surface area contributed by atoms with E-state index in [1.807, 2.05) is 0 Å². The summed E-state index contributed by atoms with van der Waals surface area (Å²) in [7, 11) is 0. The molecule has 7 heteroatoms. The zero-order chi connectivity index (χ0) is 18.2. The van der Waals surface area contributed by atoms with Gasteiger partial charge in [-0.05, 0) is 43.9 Å². The van der Waals surface area contributed by atoms with Crippen molar-refractivity contribution in [2.45, 2.75) is 44.9 Å². The Balaban J connectivity index is 1.93. The van der Waals surface area contributed by atoms with Gasteiger partial charge < -0.3 is 19.5 Å². The van der Waals surface area contributed by atoms with E-state index in [4.69, 9.17) is 26.2 Å². The quantitative estimate of drug-likeness (QED) is 0.762. The molecule has 0 saturated carbocycles. The van der Waals surface area contributed by atoms with Gasteiger partial charge in [-0.2, -0.15) is 0 Å². The average Bonchev–Trinajstić information content (AvgIpc) is 2.61. The number of nitrogens with zero attached hydrogens (tertiary/aromatic N) is 1. The van der Waals surface area contributed by atoms with E-state index in [1.165, 1.54) is 4.90 Å². The third-order valence-corrected chi connectivity index (χ3v) is 4.33. The van der Waals surface area contributed by atoms with Crippen LogP contribution in [-0.2, 0) is 25.6 Å². The van der Waals surface area contributed by atoms with Crippen LogP contribution in [0.25, 0.3) is 0 Å². The molecule has 0 radical (unpaired) electrons. The van der Waals surface area contributed by atoms with Crippen LogP contribution in [0.2, 0.25) is 5.02 Å². The molecule has 1 aliphatic rings. The van der Waals surface area contributed by atoms with Gasteiger partial charge in [-0.3, -0.25) is 9.59 Å². The predicted octanol–water partition coefficient (Wildman–Crippen LogP) is 2.73. The lowest BCUT2D eigenvalue weighted by atomic mass is 10.1. The van der Waals surface area contributed by atoms with Crippen LogP contribution in [-0.4, -0.2) is 53.8 Å². The van der Waals surface area contributed by atoms with Crippen LogP contribution in [0.1, 0.15) is 31.7 Å². The number of carbonyl (C=O) groups is 2. The average molecular weight is 370 g/mol. The van der Waals surface area contributed by atoms with Crippen LogP contribution in [0.15, 0.2) is 24.3 Å². The fraction of sp³-hybridized carbons (Fsp3) is 0.556. The Hall–Kier alpha value is -1.63. The highest BCUT2D eigenvalue weighted by Crippen LogP contribution is 2.15. The molecule has 2 atom stereocenters. The van der Waals surface area contributed by atoms with Crippen molar-refractivity contribution in [3.63, 3.8) is 0 Å². The molecule has 0 spiro atoms. The minimum Gasteiger partial charge on any atom is -0.480 e. The lowest BCUT2D eigenvalue weighted by molar-refractivity contribution is -0.152. The summed E-state index contributed by atoms with van der Waals surface area (Å²) < 4.78 is 11.2. The maximum absolute atomic E-state index is 12.6. The number of carboxylic acid groups (broad SMARTS) is 1. The van der Waals surface area contributed by atoms with Crippen LogP contribution in [0.4, 0.5) is 0 Å². The molecule has 0 bridgehead atoms. The van der Waals surface area contributed by atoms with Crippen LogP contribution < -0.4 is 0 Å². The largest absolute Gasteiger partial charge is 0.480 e. The first-order valence-corrected chi connectivity index (χ1v) is 8.81. The topological polar surface area (TPSA) is 76.1 Å². The van der Waals surface area contributed by atoms with Gasteiger partial charge in [0.1, 0.15) is 12.6 Å². The minimum atomic E-state index is -1.06. The number of hydrogen-bond acceptors (Lipinski definition) is 4. The van der Waals surface area contributed by atoms with Crippen molar-refractivity contribution in [2.24, 2.45) is 0 Å². The van der Waals surface area contributed by atoms with E-state index < -0.39 is 12.1 Å². The van der Waals surface area contributed by atoms with Gasteiger partial charge in [0.25, 0.3) is 5.91 Å². The van der Waals surface area contributed by atoms with Gasteiger partial charge >= 0.3 is 5.97 Å². The molecule has 6 nitrogen and oxygen atoms in total. The number of carbonyl (C=O) groups excluding carboxylic acids is 1. The van der Waals surface area contributed by atoms with Gasteiger partial charge in [0.05, 0.1) is 12.7 Å². The first-order valence-electron chi connectivity index (χ1n) is 8.44. The van der Waals surface area contributed by atoms with Crippen molar-refractivity contribution >= 4 is 23.5 Å². The van der Waals surface area contributed by atoms with Crippen LogP contribution in [0.3, 0.4) is 0 Å². The van der Waals surface area contributed by atoms with E-state index in [1.54, 1.807) is 31.2 Å². The highest BCUT2D eigenvalue weighted by Gasteiger charge is 2.25. The zero-order valence-corrected chi connectivity index (χ0v) is 15.1. The first-order chi connectivity index (χ1) is 12.0. The molecular weight excluding hydrogens is 346 g/mol. The molecule has 2 unspecified atom stereocenters. The zero-order valence-electron chi connectivity index (χ0n) is 14.3. The number of rotatable bonds is 8. The normalized spacial score (nSPS) is 18.6. The van der Waals surface area contributed by atoms with E-state index in [0.29, 0.717) is 11.6 Å². The second-order valence-electron chi connectivity index (χ2n) is 6.18. The third-order valence-electron chi connectivity index (χ3n) is 4.08. The minimum absolute atomic E-state index is 0.00758. The van der Waals surface area contributed by atoms with E-state index in [-0.39, 0.29) is 25.1 Å². The van der Waals surface area contributed by atoms with E-state index >= 15 is 0 Å². The van der Waals surface area contributed by atoms with Crippen molar-refractivity contribution in [2.75, 3.05) is 19.8 Å². The van der Waals surface area contributed by atoms with E-state index in [9.17, 15) is 9.59 Å². The Morgan fingerprint density at radius 3 is 2.68 bits per heavy atom. The van der Waals surface area contributed by atoms with Crippen molar-refractivity contribution in [1.82, 2.24) is 4.90 Å². The van der Waals surface area contributed by atoms with Crippen molar-refractivity contribution in [3.05, 3.63) is 34.9 Å². The summed E-state index contributed by atoms with van der Waals surface area (Å²) in [6.07, 6.45) is 2.35. The van der Waals surface area contributed by atoms with Gasteiger partial charge in [0, 0.05) is 18.2 Å². The van der Waals surface area contributed by atoms with Gasteiger partial charge in [-0.1, -0.05) is 23.7 Å². The number of benzene rings is 1. The Labute approximate surface area is 152 Å². The highest BCUT2D eigenvalue weighted by atomic mass is 35.5. The van der Waals surface area contributed by atoms with Crippen molar-refractivity contribution < 1.29 is 24.2 Å². The molecule has 1 aromatic carbocycles. The molecule has 2 rings (SSSR count). The molecule has 138 valence electrons. The van der Waals surface area contributed by atoms with Crippen molar-refractivity contribution in [1.29, 1.82) is 0 Å². The molecule has 1 aliphatic heterocycles.